The molecule has 0 radical (unpaired) electrons. The molecule has 0 aliphatic rings. The summed E-state index contributed by atoms with van der Waals surface area (Å²) in [6, 6.07) is 12.0. The Labute approximate surface area is 150 Å². The van der Waals surface area contributed by atoms with Crippen molar-refractivity contribution in [3.05, 3.63) is 66.3 Å². The number of aromatic nitrogens is 2. The van der Waals surface area contributed by atoms with Crippen LogP contribution in [0.5, 0.6) is 0 Å². The maximum Gasteiger partial charge on any atom is 0.287 e. The summed E-state index contributed by atoms with van der Waals surface area (Å²) in [5.74, 6) is 0.813. The van der Waals surface area contributed by atoms with E-state index in [2.05, 4.69) is 20.6 Å². The average molecular weight is 346 g/mol. The van der Waals surface area contributed by atoms with Gasteiger partial charge in [0.05, 0.1) is 6.20 Å². The molecule has 26 heavy (non-hydrogen) atoms. The van der Waals surface area contributed by atoms with Gasteiger partial charge in [0.2, 0.25) is 0 Å². The fourth-order valence-corrected chi connectivity index (χ4v) is 3.00. The highest BCUT2D eigenvalue weighted by Gasteiger charge is 2.18. The third-order valence-corrected chi connectivity index (χ3v) is 4.31. The lowest BCUT2D eigenvalue weighted by atomic mass is 10.1. The summed E-state index contributed by atoms with van der Waals surface area (Å²) in [7, 11) is 0. The zero-order valence-corrected chi connectivity index (χ0v) is 14.3. The van der Waals surface area contributed by atoms with Crippen LogP contribution in [0.2, 0.25) is 0 Å². The fourth-order valence-electron chi connectivity index (χ4n) is 3.00. The number of hydrogen-bond donors (Lipinski definition) is 2. The van der Waals surface area contributed by atoms with Crippen LogP contribution in [0.4, 0.5) is 5.82 Å². The zero-order chi connectivity index (χ0) is 17.9. The van der Waals surface area contributed by atoms with E-state index >= 15 is 0 Å². The molecule has 6 heteroatoms. The van der Waals surface area contributed by atoms with E-state index < -0.39 is 0 Å². The van der Waals surface area contributed by atoms with E-state index in [1.165, 1.54) is 0 Å². The second-order valence-electron chi connectivity index (χ2n) is 5.99. The van der Waals surface area contributed by atoms with E-state index in [0.717, 1.165) is 27.3 Å². The molecule has 2 aromatic carbocycles. The first-order chi connectivity index (χ1) is 12.7. The Morgan fingerprint density at radius 2 is 1.96 bits per heavy atom. The van der Waals surface area contributed by atoms with Crippen LogP contribution in [0.25, 0.3) is 21.7 Å². The summed E-state index contributed by atoms with van der Waals surface area (Å²) >= 11 is 0. The Balaban J connectivity index is 1.50. The van der Waals surface area contributed by atoms with Crippen LogP contribution in [0.1, 0.15) is 16.1 Å². The van der Waals surface area contributed by atoms with Crippen molar-refractivity contribution in [1.29, 1.82) is 0 Å². The molecule has 0 spiro atoms. The summed E-state index contributed by atoms with van der Waals surface area (Å²) in [6.45, 7) is 2.91. The summed E-state index contributed by atoms with van der Waals surface area (Å²) in [6.07, 6.45) is 4.86. The lowest BCUT2D eigenvalue weighted by molar-refractivity contribution is 0.0929. The summed E-state index contributed by atoms with van der Waals surface area (Å²) in [5, 5.41) is 9.04. The Morgan fingerprint density at radius 3 is 2.81 bits per heavy atom. The smallest absolute Gasteiger partial charge is 0.287 e. The van der Waals surface area contributed by atoms with Crippen LogP contribution in [0, 0.1) is 6.92 Å². The fraction of sp³-hybridized carbons (Fsp3) is 0.150. The molecule has 0 unspecified atom stereocenters. The number of anilines is 1. The predicted molar refractivity (Wildman–Crippen MR) is 101 cm³/mol. The molecule has 0 bridgehead atoms. The molecule has 4 rings (SSSR count). The Kier molecular flexibility index (Phi) is 4.23. The van der Waals surface area contributed by atoms with Gasteiger partial charge in [-0.05, 0) is 12.3 Å². The van der Waals surface area contributed by atoms with Crippen LogP contribution in [0.3, 0.4) is 0 Å². The van der Waals surface area contributed by atoms with Crippen LogP contribution >= 0.6 is 0 Å². The highest BCUT2D eigenvalue weighted by atomic mass is 16.3. The average Bonchev–Trinajstić information content (AvgIpc) is 3.03. The van der Waals surface area contributed by atoms with Gasteiger partial charge in [0, 0.05) is 41.8 Å². The topological polar surface area (TPSA) is 80.0 Å². The molecular weight excluding hydrogens is 328 g/mol. The number of carbonyl (C=O) groups is 1. The number of carbonyl (C=O) groups excluding carboxylic acids is 1. The predicted octanol–water partition coefficient (Wildman–Crippen LogP) is 3.53. The van der Waals surface area contributed by atoms with Crippen LogP contribution < -0.4 is 10.6 Å². The van der Waals surface area contributed by atoms with Crippen molar-refractivity contribution in [3.8, 4) is 0 Å². The summed E-state index contributed by atoms with van der Waals surface area (Å²) < 4.78 is 5.93. The number of amides is 1. The molecule has 4 aromatic rings. The first kappa shape index (κ1) is 16.1. The standard InChI is InChI=1S/C20H18N4O2/c1-13-15-7-6-14-4-2-3-5-16(14)19(15)26-18(13)20(25)24-11-10-23-17-12-21-8-9-22-17/h2-9,12H,10-11H2,1H3,(H,22,23)(H,24,25). The van der Waals surface area contributed by atoms with Crippen molar-refractivity contribution in [2.24, 2.45) is 0 Å². The molecule has 1 amide bonds. The van der Waals surface area contributed by atoms with Crippen molar-refractivity contribution in [2.75, 3.05) is 18.4 Å². The molecule has 2 N–H and O–H groups in total. The number of rotatable bonds is 5. The van der Waals surface area contributed by atoms with Crippen LogP contribution in [-0.4, -0.2) is 29.0 Å². The van der Waals surface area contributed by atoms with Crippen molar-refractivity contribution in [1.82, 2.24) is 15.3 Å². The molecule has 0 aliphatic carbocycles. The lowest BCUT2D eigenvalue weighted by Crippen LogP contribution is -2.29. The minimum absolute atomic E-state index is 0.219. The van der Waals surface area contributed by atoms with Crippen molar-refractivity contribution in [2.45, 2.75) is 6.92 Å². The van der Waals surface area contributed by atoms with E-state index in [1.807, 2.05) is 43.3 Å². The minimum atomic E-state index is -0.219. The number of benzene rings is 2. The molecule has 0 saturated carbocycles. The molecule has 0 atom stereocenters. The van der Waals surface area contributed by atoms with Crippen LogP contribution in [0.15, 0.2) is 59.4 Å². The second-order valence-corrected chi connectivity index (χ2v) is 5.99. The normalized spacial score (nSPS) is 11.0. The molecule has 0 aliphatic heterocycles. The van der Waals surface area contributed by atoms with Gasteiger partial charge in [-0.3, -0.25) is 9.78 Å². The first-order valence-corrected chi connectivity index (χ1v) is 8.43. The number of hydrogen-bond acceptors (Lipinski definition) is 5. The molecule has 2 aromatic heterocycles. The van der Waals surface area contributed by atoms with Gasteiger partial charge in [-0.15, -0.1) is 0 Å². The van der Waals surface area contributed by atoms with Gasteiger partial charge in [-0.2, -0.15) is 0 Å². The monoisotopic (exact) mass is 346 g/mol. The van der Waals surface area contributed by atoms with E-state index in [0.29, 0.717) is 24.7 Å². The SMILES string of the molecule is Cc1c(C(=O)NCCNc2cnccn2)oc2c1ccc1ccccc12. The molecule has 0 saturated heterocycles. The van der Waals surface area contributed by atoms with E-state index in [4.69, 9.17) is 4.42 Å². The summed E-state index contributed by atoms with van der Waals surface area (Å²) in [5.41, 5.74) is 1.61. The minimum Gasteiger partial charge on any atom is -0.450 e. The summed E-state index contributed by atoms with van der Waals surface area (Å²) in [4.78, 5) is 20.6. The van der Waals surface area contributed by atoms with Crippen molar-refractivity contribution in [3.63, 3.8) is 0 Å². The highest BCUT2D eigenvalue weighted by molar-refractivity contribution is 6.08. The molecule has 130 valence electrons. The molecular formula is C20H18N4O2. The van der Waals surface area contributed by atoms with Gasteiger partial charge < -0.3 is 15.1 Å². The number of furan rings is 1. The number of fused-ring (bicyclic) bond motifs is 3. The maximum atomic E-state index is 12.5. The van der Waals surface area contributed by atoms with Crippen molar-refractivity contribution < 1.29 is 9.21 Å². The van der Waals surface area contributed by atoms with Gasteiger partial charge in [-0.25, -0.2) is 4.98 Å². The number of aryl methyl sites for hydroxylation is 1. The Morgan fingerprint density at radius 1 is 1.08 bits per heavy atom. The van der Waals surface area contributed by atoms with Gasteiger partial charge in [-0.1, -0.05) is 36.4 Å². The largest absolute Gasteiger partial charge is 0.450 e. The van der Waals surface area contributed by atoms with E-state index in [1.54, 1.807) is 18.6 Å². The number of nitrogens with one attached hydrogen (secondary N) is 2. The van der Waals surface area contributed by atoms with Crippen LogP contribution in [-0.2, 0) is 0 Å². The second kappa shape index (κ2) is 6.84. The quantitative estimate of drug-likeness (QED) is 0.541. The highest BCUT2D eigenvalue weighted by Crippen LogP contribution is 2.31. The third kappa shape index (κ3) is 2.97. The maximum absolute atomic E-state index is 12.5. The molecule has 6 nitrogen and oxygen atoms in total. The Hall–Kier alpha value is -3.41. The van der Waals surface area contributed by atoms with E-state index in [-0.39, 0.29) is 5.91 Å². The molecule has 2 heterocycles. The Bertz CT molecular complexity index is 1070. The van der Waals surface area contributed by atoms with Gasteiger partial charge in [0.25, 0.3) is 5.91 Å². The zero-order valence-electron chi connectivity index (χ0n) is 14.3. The van der Waals surface area contributed by atoms with E-state index in [9.17, 15) is 4.79 Å². The van der Waals surface area contributed by atoms with Gasteiger partial charge >= 0.3 is 0 Å². The first-order valence-electron chi connectivity index (χ1n) is 8.43. The number of nitrogens with zero attached hydrogens (tertiary/aromatic N) is 2. The lowest BCUT2D eigenvalue weighted by Gasteiger charge is -2.06. The van der Waals surface area contributed by atoms with Gasteiger partial charge in [0.15, 0.2) is 5.76 Å². The van der Waals surface area contributed by atoms with Gasteiger partial charge in [0.1, 0.15) is 11.4 Å². The van der Waals surface area contributed by atoms with Crippen molar-refractivity contribution >= 4 is 33.5 Å². The third-order valence-electron chi connectivity index (χ3n) is 4.31. The molecule has 0 fully saturated rings.